The number of nitrogens with zero attached hydrogens (tertiary/aromatic N) is 1. The highest BCUT2D eigenvalue weighted by atomic mass is 16.4. The molecule has 8 N–H and O–H groups in total. The first-order valence-corrected chi connectivity index (χ1v) is 16.6. The zero-order chi connectivity index (χ0) is 37.1. The topological polar surface area (TPSA) is 210 Å². The molecule has 4 aromatic carbocycles. The largest absolute Gasteiger partial charge is 0.508 e. The van der Waals surface area contributed by atoms with Crippen molar-refractivity contribution in [2.24, 2.45) is 0 Å². The molecule has 0 saturated carbocycles. The first-order chi connectivity index (χ1) is 24.9. The van der Waals surface area contributed by atoms with Gasteiger partial charge >= 0.3 is 5.97 Å². The number of benzene rings is 4. The van der Waals surface area contributed by atoms with E-state index in [1.54, 1.807) is 24.4 Å². The van der Waals surface area contributed by atoms with Crippen molar-refractivity contribution in [3.8, 4) is 22.9 Å². The maximum atomic E-state index is 13.8. The van der Waals surface area contributed by atoms with Crippen LogP contribution in [-0.4, -0.2) is 72.1 Å². The summed E-state index contributed by atoms with van der Waals surface area (Å²) in [5.41, 5.74) is 6.31. The molecule has 6 rings (SSSR count). The fourth-order valence-electron chi connectivity index (χ4n) is 5.98. The van der Waals surface area contributed by atoms with Gasteiger partial charge in [0.15, 0.2) is 0 Å². The molecule has 3 atom stereocenters. The van der Waals surface area contributed by atoms with E-state index in [2.05, 4.69) is 30.9 Å². The summed E-state index contributed by atoms with van der Waals surface area (Å²) in [7, 11) is 0. The maximum Gasteiger partial charge on any atom is 0.326 e. The van der Waals surface area contributed by atoms with Crippen LogP contribution in [0.3, 0.4) is 0 Å². The van der Waals surface area contributed by atoms with E-state index in [1.807, 2.05) is 50.2 Å². The summed E-state index contributed by atoms with van der Waals surface area (Å²) in [5, 5.41) is 38.7. The number of aliphatic carboxylic acids is 1. The number of carboxylic acid groups (broad SMARTS) is 1. The molecule has 0 aliphatic heterocycles. The van der Waals surface area contributed by atoms with Crippen LogP contribution in [0.25, 0.3) is 33.3 Å². The van der Waals surface area contributed by atoms with Crippen LogP contribution in [0.2, 0.25) is 0 Å². The van der Waals surface area contributed by atoms with Crippen LogP contribution in [0, 0.1) is 13.8 Å². The Balaban J connectivity index is 1.22. The minimum atomic E-state index is -1.31. The zero-order valence-corrected chi connectivity index (χ0v) is 28.7. The molecule has 0 aliphatic rings. The number of carboxylic acids is 1. The summed E-state index contributed by atoms with van der Waals surface area (Å²) >= 11 is 0. The Labute approximate surface area is 298 Å². The van der Waals surface area contributed by atoms with Crippen LogP contribution in [0.4, 0.5) is 0 Å². The van der Waals surface area contributed by atoms with Crippen LogP contribution in [-0.2, 0) is 27.2 Å². The van der Waals surface area contributed by atoms with E-state index in [0.717, 1.165) is 38.6 Å². The standard InChI is InChI=1S/C39H38N6O7/c1-20-14-30-31(15-21(20)2)43-35(42-30)24-10-13-34(47)28(17-24)37(49)44-32(18-25-19-40-29-7-5-4-6-27(25)29)38(50)41-22(3)36(48)45-33(39(51)52)16-23-8-11-26(46)12-9-23/h4-15,17,19,22,32-33,40,46-47H,16,18H2,1-3H3,(H,41,50)(H,42,43)(H,44,49)(H,45,48)(H,51,52)/t22-,32-,33-/m0/s1. The summed E-state index contributed by atoms with van der Waals surface area (Å²) in [6.45, 7) is 5.40. The number of para-hydroxylation sites is 1. The average molecular weight is 703 g/mol. The second-order valence-electron chi connectivity index (χ2n) is 12.9. The van der Waals surface area contributed by atoms with Crippen LogP contribution < -0.4 is 16.0 Å². The highest BCUT2D eigenvalue weighted by Gasteiger charge is 2.29. The number of aromatic nitrogens is 3. The lowest BCUT2D eigenvalue weighted by Gasteiger charge is -2.23. The Bertz CT molecular complexity index is 2270. The van der Waals surface area contributed by atoms with Crippen LogP contribution in [0.5, 0.6) is 11.5 Å². The Morgan fingerprint density at radius 1 is 0.788 bits per heavy atom. The molecular formula is C39H38N6O7. The number of carbonyl (C=O) groups is 4. The average Bonchev–Trinajstić information content (AvgIpc) is 3.72. The zero-order valence-electron chi connectivity index (χ0n) is 28.7. The number of hydrogen-bond acceptors (Lipinski definition) is 7. The number of aromatic hydroxyl groups is 2. The van der Waals surface area contributed by atoms with E-state index in [1.165, 1.54) is 31.2 Å². The lowest BCUT2D eigenvalue weighted by Crippen LogP contribution is -2.55. The normalized spacial score (nSPS) is 13.0. The van der Waals surface area contributed by atoms with Crippen molar-refractivity contribution >= 4 is 45.6 Å². The van der Waals surface area contributed by atoms with E-state index in [9.17, 15) is 34.5 Å². The van der Waals surface area contributed by atoms with Crippen molar-refractivity contribution in [1.29, 1.82) is 0 Å². The molecule has 3 amide bonds. The van der Waals surface area contributed by atoms with Crippen molar-refractivity contribution in [3.63, 3.8) is 0 Å². The van der Waals surface area contributed by atoms with Gasteiger partial charge in [0.05, 0.1) is 16.6 Å². The summed E-state index contributed by atoms with van der Waals surface area (Å²) in [4.78, 5) is 63.9. The quantitative estimate of drug-likeness (QED) is 0.0914. The summed E-state index contributed by atoms with van der Waals surface area (Å²) in [6.07, 6.45) is 1.70. The van der Waals surface area contributed by atoms with Gasteiger partial charge in [0.2, 0.25) is 11.8 Å². The molecule has 0 radical (unpaired) electrons. The number of imidazole rings is 1. The number of carbonyl (C=O) groups excluding carboxylic acids is 3. The molecular weight excluding hydrogens is 664 g/mol. The van der Waals surface area contributed by atoms with E-state index in [0.29, 0.717) is 17.0 Å². The van der Waals surface area contributed by atoms with Crippen molar-refractivity contribution in [2.45, 2.75) is 51.7 Å². The van der Waals surface area contributed by atoms with E-state index < -0.39 is 41.8 Å². The predicted octanol–water partition coefficient (Wildman–Crippen LogP) is 4.40. The maximum absolute atomic E-state index is 13.8. The molecule has 13 heteroatoms. The molecule has 6 aromatic rings. The smallest absolute Gasteiger partial charge is 0.326 e. The first kappa shape index (κ1) is 35.2. The SMILES string of the molecule is Cc1cc2nc(-c3ccc(O)c(C(=O)N[C@@H](Cc4c[nH]c5ccccc45)C(=O)N[C@@H](C)C(=O)N[C@@H](Cc4ccc(O)cc4)C(=O)O)c3)[nH]c2cc1C. The second-order valence-corrected chi connectivity index (χ2v) is 12.9. The van der Waals surface area contributed by atoms with Gasteiger partial charge in [0.25, 0.3) is 5.91 Å². The van der Waals surface area contributed by atoms with Crippen molar-refractivity contribution in [1.82, 2.24) is 30.9 Å². The number of H-pyrrole nitrogens is 2. The lowest BCUT2D eigenvalue weighted by atomic mass is 10.0. The number of amides is 3. The summed E-state index contributed by atoms with van der Waals surface area (Å²) in [6, 6.07) is 18.1. The van der Waals surface area contributed by atoms with Gasteiger partial charge in [-0.3, -0.25) is 14.4 Å². The molecule has 0 bridgehead atoms. The Kier molecular flexibility index (Phi) is 9.95. The van der Waals surface area contributed by atoms with Crippen molar-refractivity contribution in [2.75, 3.05) is 0 Å². The van der Waals surface area contributed by atoms with Crippen molar-refractivity contribution < 1.29 is 34.5 Å². The monoisotopic (exact) mass is 702 g/mol. The molecule has 0 fully saturated rings. The number of phenolic OH excluding ortho intramolecular Hbond substituents is 2. The number of phenols is 2. The van der Waals surface area contributed by atoms with Crippen LogP contribution in [0.15, 0.2) is 85.1 Å². The highest BCUT2D eigenvalue weighted by Crippen LogP contribution is 2.28. The first-order valence-electron chi connectivity index (χ1n) is 16.6. The number of aryl methyl sites for hydroxylation is 2. The van der Waals surface area contributed by atoms with Gasteiger partial charge in [0, 0.05) is 35.5 Å². The molecule has 13 nitrogen and oxygen atoms in total. The van der Waals surface area contributed by atoms with E-state index in [4.69, 9.17) is 0 Å². The number of hydrogen-bond donors (Lipinski definition) is 8. The fraction of sp³-hybridized carbons (Fsp3) is 0.205. The summed E-state index contributed by atoms with van der Waals surface area (Å²) < 4.78 is 0. The lowest BCUT2D eigenvalue weighted by molar-refractivity contribution is -0.142. The van der Waals surface area contributed by atoms with Gasteiger partial charge in [-0.05, 0) is 91.6 Å². The van der Waals surface area contributed by atoms with Gasteiger partial charge in [-0.2, -0.15) is 0 Å². The number of fused-ring (bicyclic) bond motifs is 2. The van der Waals surface area contributed by atoms with Crippen LogP contribution in [0.1, 0.15) is 39.5 Å². The molecule has 0 spiro atoms. The highest BCUT2D eigenvalue weighted by molar-refractivity contribution is 6.01. The Morgan fingerprint density at radius 2 is 1.52 bits per heavy atom. The molecule has 0 aliphatic carbocycles. The minimum Gasteiger partial charge on any atom is -0.508 e. The van der Waals surface area contributed by atoms with Gasteiger partial charge in [0.1, 0.15) is 35.4 Å². The molecule has 2 heterocycles. The third kappa shape index (κ3) is 7.73. The third-order valence-corrected chi connectivity index (χ3v) is 9.08. The van der Waals surface area contributed by atoms with E-state index in [-0.39, 0.29) is 29.9 Å². The second kappa shape index (κ2) is 14.7. The van der Waals surface area contributed by atoms with Gasteiger partial charge in [-0.25, -0.2) is 9.78 Å². The molecule has 266 valence electrons. The van der Waals surface area contributed by atoms with Gasteiger partial charge < -0.3 is 41.2 Å². The Hall–Kier alpha value is -6.63. The molecule has 0 saturated heterocycles. The van der Waals surface area contributed by atoms with Crippen LogP contribution >= 0.6 is 0 Å². The summed E-state index contributed by atoms with van der Waals surface area (Å²) in [5.74, 6) is -3.27. The fourth-order valence-corrected chi connectivity index (χ4v) is 5.98. The Morgan fingerprint density at radius 3 is 2.27 bits per heavy atom. The third-order valence-electron chi connectivity index (χ3n) is 9.08. The number of rotatable bonds is 12. The predicted molar refractivity (Wildman–Crippen MR) is 195 cm³/mol. The van der Waals surface area contributed by atoms with E-state index >= 15 is 0 Å². The molecule has 0 unspecified atom stereocenters. The number of nitrogens with one attached hydrogen (secondary N) is 5. The molecule has 2 aromatic heterocycles. The molecule has 52 heavy (non-hydrogen) atoms. The van der Waals surface area contributed by atoms with Gasteiger partial charge in [-0.15, -0.1) is 0 Å². The van der Waals surface area contributed by atoms with Gasteiger partial charge in [-0.1, -0.05) is 30.3 Å². The van der Waals surface area contributed by atoms with Crippen molar-refractivity contribution in [3.05, 3.63) is 113 Å². The minimum absolute atomic E-state index is 0.0181. The number of aromatic amines is 2.